The van der Waals surface area contributed by atoms with Crippen molar-refractivity contribution in [1.29, 1.82) is 0 Å². The number of benzene rings is 2. The molecular formula is C18H14ClF3N2O2. The fraction of sp³-hybridized carbons (Fsp3) is 0.222. The van der Waals surface area contributed by atoms with Crippen LogP contribution < -0.4 is 10.6 Å². The van der Waals surface area contributed by atoms with Crippen molar-refractivity contribution < 1.29 is 22.8 Å². The Bertz CT molecular complexity index is 904. The van der Waals surface area contributed by atoms with Crippen LogP contribution in [0.15, 0.2) is 30.3 Å². The molecule has 1 saturated carbocycles. The third-order valence-corrected chi connectivity index (χ3v) is 4.45. The highest BCUT2D eigenvalue weighted by molar-refractivity contribution is 6.31. The molecule has 0 spiro atoms. The minimum absolute atomic E-state index is 0.280. The molecule has 26 heavy (non-hydrogen) atoms. The molecule has 3 rings (SSSR count). The van der Waals surface area contributed by atoms with Crippen LogP contribution in [-0.4, -0.2) is 11.8 Å². The summed E-state index contributed by atoms with van der Waals surface area (Å²) in [5.74, 6) is -6.72. The Morgan fingerprint density at radius 3 is 2.23 bits per heavy atom. The Morgan fingerprint density at radius 1 is 0.962 bits per heavy atom. The summed E-state index contributed by atoms with van der Waals surface area (Å²) in [6.45, 7) is 1.80. The lowest BCUT2D eigenvalue weighted by molar-refractivity contribution is -0.122. The molecule has 1 aliphatic carbocycles. The number of carbonyl (C=O) groups is 2. The molecule has 2 N–H and O–H groups in total. The van der Waals surface area contributed by atoms with Gasteiger partial charge in [-0.1, -0.05) is 17.7 Å². The summed E-state index contributed by atoms with van der Waals surface area (Å²) in [6.07, 6.45) is 0.280. The molecule has 0 aliphatic heterocycles. The Kier molecular flexibility index (Phi) is 4.91. The van der Waals surface area contributed by atoms with Gasteiger partial charge in [0.2, 0.25) is 11.8 Å². The van der Waals surface area contributed by atoms with Crippen molar-refractivity contribution >= 4 is 34.8 Å². The van der Waals surface area contributed by atoms with Gasteiger partial charge < -0.3 is 10.6 Å². The monoisotopic (exact) mass is 382 g/mol. The van der Waals surface area contributed by atoms with E-state index in [1.807, 2.05) is 0 Å². The highest BCUT2D eigenvalue weighted by Crippen LogP contribution is 2.40. The molecule has 8 heteroatoms. The number of hydrogen-bond donors (Lipinski definition) is 2. The summed E-state index contributed by atoms with van der Waals surface area (Å²) in [5.41, 5.74) is 0.888. The highest BCUT2D eigenvalue weighted by Gasteiger charge is 2.48. The van der Waals surface area contributed by atoms with Gasteiger partial charge in [0.25, 0.3) is 0 Å². The molecule has 2 amide bonds. The maximum Gasteiger partial charge on any atom is 0.228 e. The second kappa shape index (κ2) is 6.99. The fourth-order valence-electron chi connectivity index (χ4n) is 2.58. The van der Waals surface area contributed by atoms with Crippen LogP contribution >= 0.6 is 11.6 Å². The van der Waals surface area contributed by atoms with E-state index in [-0.39, 0.29) is 12.3 Å². The maximum absolute atomic E-state index is 13.6. The quantitative estimate of drug-likeness (QED) is 0.775. The predicted octanol–water partition coefficient (Wildman–Crippen LogP) is 4.28. The SMILES string of the molecule is Cc1ccc(Cl)cc1NC(=O)C1CC1C(=O)Nc1ccc(F)c(F)c1F. The van der Waals surface area contributed by atoms with Gasteiger partial charge in [0.1, 0.15) is 0 Å². The molecular weight excluding hydrogens is 369 g/mol. The molecule has 2 unspecified atom stereocenters. The Morgan fingerprint density at radius 2 is 1.58 bits per heavy atom. The molecule has 0 radical (unpaired) electrons. The second-order valence-electron chi connectivity index (χ2n) is 6.11. The molecule has 1 fully saturated rings. The Hall–Kier alpha value is -2.54. The molecule has 2 atom stereocenters. The Labute approximate surface area is 152 Å². The topological polar surface area (TPSA) is 58.2 Å². The zero-order chi connectivity index (χ0) is 19.0. The van der Waals surface area contributed by atoms with Gasteiger partial charge in [0.15, 0.2) is 17.5 Å². The third-order valence-electron chi connectivity index (χ3n) is 4.21. The van der Waals surface area contributed by atoms with E-state index in [0.717, 1.165) is 11.6 Å². The first-order valence-corrected chi connectivity index (χ1v) is 8.17. The lowest BCUT2D eigenvalue weighted by atomic mass is 10.2. The molecule has 0 heterocycles. The van der Waals surface area contributed by atoms with Crippen molar-refractivity contribution in [3.05, 3.63) is 58.4 Å². The van der Waals surface area contributed by atoms with Crippen LogP contribution in [0.3, 0.4) is 0 Å². The van der Waals surface area contributed by atoms with Crippen LogP contribution in [0, 0.1) is 36.2 Å². The highest BCUT2D eigenvalue weighted by atomic mass is 35.5. The summed E-state index contributed by atoms with van der Waals surface area (Å²) in [4.78, 5) is 24.4. The van der Waals surface area contributed by atoms with Crippen LogP contribution in [0.5, 0.6) is 0 Å². The number of hydrogen-bond acceptors (Lipinski definition) is 2. The van der Waals surface area contributed by atoms with Crippen LogP contribution in [-0.2, 0) is 9.59 Å². The summed E-state index contributed by atoms with van der Waals surface area (Å²) in [6, 6.07) is 6.69. The number of nitrogens with one attached hydrogen (secondary N) is 2. The first kappa shape index (κ1) is 18.3. The van der Waals surface area contributed by atoms with E-state index >= 15 is 0 Å². The van der Waals surface area contributed by atoms with Gasteiger partial charge >= 0.3 is 0 Å². The third kappa shape index (κ3) is 3.67. The lowest BCUT2D eigenvalue weighted by Crippen LogP contribution is -2.21. The van der Waals surface area contributed by atoms with Crippen LogP contribution in [0.4, 0.5) is 24.5 Å². The van der Waals surface area contributed by atoms with E-state index < -0.39 is 40.9 Å². The average Bonchev–Trinajstić information content (AvgIpc) is 3.39. The molecule has 4 nitrogen and oxygen atoms in total. The van der Waals surface area contributed by atoms with Crippen molar-refractivity contribution in [2.75, 3.05) is 10.6 Å². The second-order valence-corrected chi connectivity index (χ2v) is 6.55. The Balaban J connectivity index is 1.63. The fourth-order valence-corrected chi connectivity index (χ4v) is 2.75. The van der Waals surface area contributed by atoms with E-state index in [1.54, 1.807) is 25.1 Å². The molecule has 0 saturated heterocycles. The lowest BCUT2D eigenvalue weighted by Gasteiger charge is -2.09. The normalized spacial score (nSPS) is 18.3. The number of aryl methyl sites for hydroxylation is 1. The van der Waals surface area contributed by atoms with Crippen LogP contribution in [0.25, 0.3) is 0 Å². The van der Waals surface area contributed by atoms with Gasteiger partial charge in [-0.25, -0.2) is 13.2 Å². The van der Waals surface area contributed by atoms with Gasteiger partial charge in [-0.05, 0) is 43.2 Å². The number of amides is 2. The first-order valence-electron chi connectivity index (χ1n) is 7.79. The zero-order valence-corrected chi connectivity index (χ0v) is 14.3. The van der Waals surface area contributed by atoms with Crippen molar-refractivity contribution in [1.82, 2.24) is 0 Å². The number of rotatable bonds is 4. The standard InChI is InChI=1S/C18H14ClF3N2O2/c1-8-2-3-9(19)6-14(8)24-18(26)11-7-10(11)17(25)23-13-5-4-12(20)15(21)16(13)22/h2-6,10-11H,7H2,1H3,(H,23,25)(H,24,26). The van der Waals surface area contributed by atoms with Gasteiger partial charge in [-0.2, -0.15) is 0 Å². The van der Waals surface area contributed by atoms with Crippen molar-refractivity contribution in [3.8, 4) is 0 Å². The predicted molar refractivity (Wildman–Crippen MR) is 91.4 cm³/mol. The molecule has 2 aromatic carbocycles. The molecule has 136 valence electrons. The van der Waals surface area contributed by atoms with Crippen LogP contribution in [0.2, 0.25) is 5.02 Å². The largest absolute Gasteiger partial charge is 0.326 e. The number of halogens is 4. The van der Waals surface area contributed by atoms with E-state index in [2.05, 4.69) is 10.6 Å². The minimum Gasteiger partial charge on any atom is -0.326 e. The number of carbonyl (C=O) groups excluding carboxylic acids is 2. The average molecular weight is 383 g/mol. The molecule has 2 aromatic rings. The van der Waals surface area contributed by atoms with Gasteiger partial charge in [0.05, 0.1) is 17.5 Å². The minimum atomic E-state index is -1.66. The summed E-state index contributed by atoms with van der Waals surface area (Å²) in [7, 11) is 0. The van der Waals surface area contributed by atoms with Gasteiger partial charge in [-0.3, -0.25) is 9.59 Å². The van der Waals surface area contributed by atoms with Crippen molar-refractivity contribution in [3.63, 3.8) is 0 Å². The molecule has 0 aromatic heterocycles. The first-order chi connectivity index (χ1) is 12.3. The molecule has 1 aliphatic rings. The summed E-state index contributed by atoms with van der Waals surface area (Å²) in [5, 5.41) is 5.35. The van der Waals surface area contributed by atoms with E-state index in [1.165, 1.54) is 0 Å². The van der Waals surface area contributed by atoms with Crippen molar-refractivity contribution in [2.24, 2.45) is 11.8 Å². The summed E-state index contributed by atoms with van der Waals surface area (Å²) >= 11 is 5.90. The van der Waals surface area contributed by atoms with Gasteiger partial charge in [-0.15, -0.1) is 0 Å². The molecule has 0 bridgehead atoms. The van der Waals surface area contributed by atoms with E-state index in [4.69, 9.17) is 11.6 Å². The van der Waals surface area contributed by atoms with Gasteiger partial charge in [0, 0.05) is 10.7 Å². The van der Waals surface area contributed by atoms with Crippen molar-refractivity contribution in [2.45, 2.75) is 13.3 Å². The smallest absolute Gasteiger partial charge is 0.228 e. The van der Waals surface area contributed by atoms with E-state index in [9.17, 15) is 22.8 Å². The zero-order valence-electron chi connectivity index (χ0n) is 13.6. The van der Waals surface area contributed by atoms with E-state index in [0.29, 0.717) is 16.8 Å². The summed E-state index contributed by atoms with van der Waals surface area (Å²) < 4.78 is 39.7. The van der Waals surface area contributed by atoms with Crippen LogP contribution in [0.1, 0.15) is 12.0 Å². The number of anilines is 2. The maximum atomic E-state index is 13.6.